The summed E-state index contributed by atoms with van der Waals surface area (Å²) >= 11 is 0. The minimum atomic E-state index is -0.164. The van der Waals surface area contributed by atoms with E-state index in [1.165, 1.54) is 5.06 Å². The van der Waals surface area contributed by atoms with E-state index in [9.17, 15) is 9.59 Å². The predicted octanol–water partition coefficient (Wildman–Crippen LogP) is 3.14. The summed E-state index contributed by atoms with van der Waals surface area (Å²) in [5, 5.41) is 8.56. The normalized spacial score (nSPS) is 13.5. The molecule has 1 aliphatic heterocycles. The van der Waals surface area contributed by atoms with Crippen LogP contribution in [-0.4, -0.2) is 39.8 Å². The Bertz CT molecular complexity index is 1040. The van der Waals surface area contributed by atoms with Crippen LogP contribution in [0.3, 0.4) is 0 Å². The Morgan fingerprint density at radius 2 is 2.03 bits per heavy atom. The summed E-state index contributed by atoms with van der Waals surface area (Å²) in [7, 11) is 0. The van der Waals surface area contributed by atoms with Crippen molar-refractivity contribution in [2.75, 3.05) is 18.5 Å². The van der Waals surface area contributed by atoms with Gasteiger partial charge in [0.15, 0.2) is 0 Å². The van der Waals surface area contributed by atoms with Gasteiger partial charge < -0.3 is 5.32 Å². The second kappa shape index (κ2) is 8.28. The molecule has 0 atom stereocenters. The van der Waals surface area contributed by atoms with E-state index in [0.717, 1.165) is 23.2 Å². The number of nitrogens with one attached hydrogen (secondary N) is 1. The molecule has 2 aromatic carbocycles. The van der Waals surface area contributed by atoms with E-state index in [1.807, 2.05) is 37.3 Å². The number of carbonyl (C=O) groups is 2. The van der Waals surface area contributed by atoms with Gasteiger partial charge in [-0.15, -0.1) is 0 Å². The monoisotopic (exact) mass is 390 g/mol. The summed E-state index contributed by atoms with van der Waals surface area (Å²) in [5.74, 6) is -0.270. The van der Waals surface area contributed by atoms with Crippen molar-refractivity contribution in [3.8, 4) is 5.69 Å². The Hall–Kier alpha value is -3.45. The molecule has 0 unspecified atom stereocenters. The maximum atomic E-state index is 12.5. The third-order valence-electron chi connectivity index (χ3n) is 4.65. The van der Waals surface area contributed by atoms with Gasteiger partial charge in [0, 0.05) is 5.56 Å². The number of hydrogen-bond acceptors (Lipinski definition) is 4. The Kier molecular flexibility index (Phi) is 5.39. The molecule has 1 saturated heterocycles. The average molecular weight is 390 g/mol. The van der Waals surface area contributed by atoms with Crippen LogP contribution in [0.5, 0.6) is 0 Å². The number of aromatic nitrogens is 2. The van der Waals surface area contributed by atoms with Crippen LogP contribution >= 0.6 is 0 Å². The van der Waals surface area contributed by atoms with Crippen LogP contribution in [0.25, 0.3) is 5.69 Å². The van der Waals surface area contributed by atoms with Gasteiger partial charge in [-0.3, -0.25) is 14.4 Å². The number of aryl methyl sites for hydroxylation is 1. The lowest BCUT2D eigenvalue weighted by molar-refractivity contribution is -0.115. The molecule has 0 bridgehead atoms. The van der Waals surface area contributed by atoms with Crippen LogP contribution < -0.4 is 5.32 Å². The molecule has 0 aliphatic carbocycles. The van der Waals surface area contributed by atoms with Gasteiger partial charge in [0.05, 0.1) is 43.3 Å². The van der Waals surface area contributed by atoms with Gasteiger partial charge in [0.25, 0.3) is 5.91 Å². The lowest BCUT2D eigenvalue weighted by atomic mass is 10.1. The van der Waals surface area contributed by atoms with Gasteiger partial charge in [0.1, 0.15) is 0 Å². The van der Waals surface area contributed by atoms with Crippen LogP contribution in [-0.2, 0) is 16.1 Å². The predicted molar refractivity (Wildman–Crippen MR) is 109 cm³/mol. The van der Waals surface area contributed by atoms with Crippen molar-refractivity contribution < 1.29 is 14.4 Å². The average Bonchev–Trinajstić information content (AvgIpc) is 3.40. The second-order valence-corrected chi connectivity index (χ2v) is 7.03. The van der Waals surface area contributed by atoms with E-state index < -0.39 is 0 Å². The van der Waals surface area contributed by atoms with E-state index in [2.05, 4.69) is 10.4 Å². The minimum Gasteiger partial charge on any atom is -0.323 e. The summed E-state index contributed by atoms with van der Waals surface area (Å²) in [4.78, 5) is 30.1. The number of rotatable bonds is 5. The quantitative estimate of drug-likeness (QED) is 0.726. The lowest BCUT2D eigenvalue weighted by Gasteiger charge is -2.14. The van der Waals surface area contributed by atoms with Crippen molar-refractivity contribution in [2.24, 2.45) is 0 Å². The Morgan fingerprint density at radius 3 is 2.83 bits per heavy atom. The third-order valence-corrected chi connectivity index (χ3v) is 4.65. The second-order valence-electron chi connectivity index (χ2n) is 7.03. The van der Waals surface area contributed by atoms with Crippen LogP contribution in [0.15, 0.2) is 60.9 Å². The zero-order chi connectivity index (χ0) is 20.2. The van der Waals surface area contributed by atoms with E-state index in [-0.39, 0.29) is 11.8 Å². The van der Waals surface area contributed by atoms with Crippen molar-refractivity contribution in [3.05, 3.63) is 77.6 Å². The van der Waals surface area contributed by atoms with Gasteiger partial charge in [-0.05, 0) is 37.1 Å². The number of anilines is 1. The maximum absolute atomic E-state index is 12.5. The molecule has 148 valence electrons. The molecule has 7 heteroatoms. The van der Waals surface area contributed by atoms with Crippen molar-refractivity contribution in [2.45, 2.75) is 19.8 Å². The molecule has 1 aliphatic rings. The fraction of sp³-hybridized carbons (Fsp3) is 0.227. The smallest absolute Gasteiger partial charge is 0.277 e. The van der Waals surface area contributed by atoms with Crippen LogP contribution in [0, 0.1) is 6.92 Å². The van der Waals surface area contributed by atoms with E-state index in [0.29, 0.717) is 30.8 Å². The Morgan fingerprint density at radius 1 is 1.17 bits per heavy atom. The number of carbonyl (C=O) groups excluding carboxylic acids is 2. The summed E-state index contributed by atoms with van der Waals surface area (Å²) in [5.41, 5.74) is 3.95. The first-order valence-corrected chi connectivity index (χ1v) is 9.54. The first-order valence-electron chi connectivity index (χ1n) is 9.54. The molecule has 3 aromatic rings. The highest BCUT2D eigenvalue weighted by atomic mass is 16.7. The summed E-state index contributed by atoms with van der Waals surface area (Å²) in [6.45, 7) is 3.16. The first-order chi connectivity index (χ1) is 14.1. The molecule has 29 heavy (non-hydrogen) atoms. The standard InChI is InChI=1S/C22H22N4O3/c1-16-5-2-6-17(11-16)12-21(27)24-19-14-23-25(15-19)20-8-3-7-18(13-20)22(28)26-9-4-10-29-26/h2-3,5-8,11,13-15H,4,9-10,12H2,1H3,(H,24,27). The fourth-order valence-electron chi connectivity index (χ4n) is 3.27. The van der Waals surface area contributed by atoms with E-state index in [4.69, 9.17) is 4.84 Å². The molecule has 2 heterocycles. The summed E-state index contributed by atoms with van der Waals surface area (Å²) < 4.78 is 1.63. The number of nitrogens with zero attached hydrogens (tertiary/aromatic N) is 3. The Balaban J connectivity index is 1.44. The number of benzene rings is 2. The summed E-state index contributed by atoms with van der Waals surface area (Å²) in [6, 6.07) is 15.0. The maximum Gasteiger partial charge on any atom is 0.277 e. The molecule has 2 amide bonds. The van der Waals surface area contributed by atoms with Gasteiger partial charge >= 0.3 is 0 Å². The van der Waals surface area contributed by atoms with E-state index in [1.54, 1.807) is 35.3 Å². The highest BCUT2D eigenvalue weighted by Crippen LogP contribution is 2.17. The highest BCUT2D eigenvalue weighted by molar-refractivity contribution is 5.94. The van der Waals surface area contributed by atoms with Crippen LogP contribution in [0.4, 0.5) is 5.69 Å². The fourth-order valence-corrected chi connectivity index (χ4v) is 3.27. The van der Waals surface area contributed by atoms with Gasteiger partial charge in [0.2, 0.25) is 5.91 Å². The lowest BCUT2D eigenvalue weighted by Crippen LogP contribution is -2.26. The van der Waals surface area contributed by atoms with Crippen molar-refractivity contribution in [1.29, 1.82) is 0 Å². The topological polar surface area (TPSA) is 76.5 Å². The molecular formula is C22H22N4O3. The Labute approximate surface area is 168 Å². The molecule has 7 nitrogen and oxygen atoms in total. The minimum absolute atomic E-state index is 0.106. The van der Waals surface area contributed by atoms with Gasteiger partial charge in [-0.1, -0.05) is 35.9 Å². The number of hydroxylamine groups is 2. The molecule has 0 spiro atoms. The number of hydrogen-bond donors (Lipinski definition) is 1. The largest absolute Gasteiger partial charge is 0.323 e. The first kappa shape index (κ1) is 18.9. The molecule has 0 saturated carbocycles. The highest BCUT2D eigenvalue weighted by Gasteiger charge is 2.21. The van der Waals surface area contributed by atoms with Crippen molar-refractivity contribution >= 4 is 17.5 Å². The molecule has 1 N–H and O–H groups in total. The van der Waals surface area contributed by atoms with Crippen LogP contribution in [0.1, 0.15) is 27.9 Å². The SMILES string of the molecule is Cc1cccc(CC(=O)Nc2cnn(-c3cccc(C(=O)N4CCCO4)c3)c2)c1. The molecular weight excluding hydrogens is 368 g/mol. The van der Waals surface area contributed by atoms with Crippen LogP contribution in [0.2, 0.25) is 0 Å². The molecule has 1 fully saturated rings. The zero-order valence-electron chi connectivity index (χ0n) is 16.2. The molecule has 0 radical (unpaired) electrons. The van der Waals surface area contributed by atoms with Gasteiger partial charge in [-0.25, -0.2) is 9.75 Å². The summed E-state index contributed by atoms with van der Waals surface area (Å²) in [6.07, 6.45) is 4.46. The number of amides is 2. The zero-order valence-corrected chi connectivity index (χ0v) is 16.2. The molecule has 4 rings (SSSR count). The van der Waals surface area contributed by atoms with E-state index >= 15 is 0 Å². The molecule has 1 aromatic heterocycles. The van der Waals surface area contributed by atoms with Crippen molar-refractivity contribution in [3.63, 3.8) is 0 Å². The van der Waals surface area contributed by atoms with Crippen molar-refractivity contribution in [1.82, 2.24) is 14.8 Å². The van der Waals surface area contributed by atoms with Gasteiger partial charge in [-0.2, -0.15) is 5.10 Å². The third kappa shape index (κ3) is 4.52.